The van der Waals surface area contributed by atoms with E-state index in [4.69, 9.17) is 4.42 Å². The number of furan rings is 1. The van der Waals surface area contributed by atoms with Crippen LogP contribution in [0.15, 0.2) is 44.5 Å². The van der Waals surface area contributed by atoms with E-state index in [2.05, 4.69) is 31.8 Å². The van der Waals surface area contributed by atoms with E-state index in [1.165, 1.54) is 18.4 Å². The van der Waals surface area contributed by atoms with E-state index in [1.54, 1.807) is 0 Å². The number of phenols is 1. The van der Waals surface area contributed by atoms with E-state index < -0.39 is 16.7 Å². The van der Waals surface area contributed by atoms with Gasteiger partial charge in [-0.1, -0.05) is 0 Å². The monoisotopic (exact) mass is 410 g/mol. The normalized spacial score (nSPS) is 10.6. The fourth-order valence-electron chi connectivity index (χ4n) is 1.68. The highest BCUT2D eigenvalue weighted by Crippen LogP contribution is 2.31. The Bertz CT molecular complexity index is 834. The molecule has 130 valence electrons. The molecule has 0 spiro atoms. The zero-order valence-electron chi connectivity index (χ0n) is 12.4. The first kappa shape index (κ1) is 18.1. The number of phenolic OH excluding ortho intramolecular Hbond substituents is 1. The van der Waals surface area contributed by atoms with E-state index in [-0.39, 0.29) is 33.8 Å². The molecule has 0 aliphatic carbocycles. The fourth-order valence-corrected chi connectivity index (χ4v) is 2.14. The molecule has 0 unspecified atom stereocenters. The standard InChI is InChI=1S/C14H11BrN4O6/c15-10-5-9(19(23)24)4-8(13(10)21)6-17-18-12(20)7-16-14(22)11-2-1-3-25-11/h1-6,21H,7H2,(H,16,22)(H,18,20). The molecule has 10 nitrogen and oxygen atoms in total. The van der Waals surface area contributed by atoms with Crippen molar-refractivity contribution in [2.24, 2.45) is 5.10 Å². The maximum atomic E-state index is 11.6. The van der Waals surface area contributed by atoms with Crippen LogP contribution in [-0.4, -0.2) is 34.6 Å². The van der Waals surface area contributed by atoms with Crippen LogP contribution in [-0.2, 0) is 4.79 Å². The molecule has 0 fully saturated rings. The molecule has 2 rings (SSSR count). The van der Waals surface area contributed by atoms with Crippen molar-refractivity contribution in [3.63, 3.8) is 0 Å². The summed E-state index contributed by atoms with van der Waals surface area (Å²) in [6.07, 6.45) is 2.36. The van der Waals surface area contributed by atoms with E-state index >= 15 is 0 Å². The zero-order chi connectivity index (χ0) is 18.4. The third-order valence-corrected chi connectivity index (χ3v) is 3.44. The molecule has 1 aromatic carbocycles. The average Bonchev–Trinajstić information content (AvgIpc) is 3.10. The smallest absolute Gasteiger partial charge is 0.287 e. The van der Waals surface area contributed by atoms with Gasteiger partial charge < -0.3 is 14.8 Å². The third-order valence-electron chi connectivity index (χ3n) is 2.84. The molecule has 0 atom stereocenters. The topological polar surface area (TPSA) is 147 Å². The van der Waals surface area contributed by atoms with Crippen LogP contribution in [0.4, 0.5) is 5.69 Å². The SMILES string of the molecule is O=C(CNC(=O)c1ccco1)NN=Cc1cc([N+](=O)[O-])cc(Br)c1O. The van der Waals surface area contributed by atoms with Gasteiger partial charge in [-0.05, 0) is 28.1 Å². The minimum atomic E-state index is -0.639. The molecular formula is C14H11BrN4O6. The summed E-state index contributed by atoms with van der Waals surface area (Å²) in [7, 11) is 0. The number of nitrogens with one attached hydrogen (secondary N) is 2. The number of rotatable bonds is 6. The lowest BCUT2D eigenvalue weighted by molar-refractivity contribution is -0.385. The zero-order valence-corrected chi connectivity index (χ0v) is 14.0. The van der Waals surface area contributed by atoms with Crippen molar-refractivity contribution in [2.45, 2.75) is 0 Å². The molecular weight excluding hydrogens is 400 g/mol. The highest BCUT2D eigenvalue weighted by Gasteiger charge is 2.14. The number of non-ortho nitro benzene ring substituents is 1. The summed E-state index contributed by atoms with van der Waals surface area (Å²) >= 11 is 2.99. The van der Waals surface area contributed by atoms with Crippen molar-refractivity contribution in [3.8, 4) is 5.75 Å². The van der Waals surface area contributed by atoms with Gasteiger partial charge in [0.15, 0.2) is 5.76 Å². The van der Waals surface area contributed by atoms with Crippen LogP contribution < -0.4 is 10.7 Å². The lowest BCUT2D eigenvalue weighted by Gasteiger charge is -2.03. The first-order valence-corrected chi connectivity index (χ1v) is 7.48. The quantitative estimate of drug-likeness (QED) is 0.373. The molecule has 0 aliphatic heterocycles. The van der Waals surface area contributed by atoms with Gasteiger partial charge in [-0.15, -0.1) is 0 Å². The Labute approximate surface area is 148 Å². The molecule has 2 amide bonds. The van der Waals surface area contributed by atoms with Gasteiger partial charge in [0.25, 0.3) is 17.5 Å². The Morgan fingerprint density at radius 2 is 2.20 bits per heavy atom. The summed E-state index contributed by atoms with van der Waals surface area (Å²) in [4.78, 5) is 33.3. The second-order valence-electron chi connectivity index (χ2n) is 4.58. The summed E-state index contributed by atoms with van der Waals surface area (Å²) in [5, 5.41) is 26.5. The molecule has 0 aliphatic rings. The second kappa shape index (κ2) is 8.06. The number of aromatic hydroxyl groups is 1. The maximum absolute atomic E-state index is 11.6. The molecule has 1 heterocycles. The molecule has 25 heavy (non-hydrogen) atoms. The summed E-state index contributed by atoms with van der Waals surface area (Å²) in [5.74, 6) is -1.41. The Hall–Kier alpha value is -3.21. The first-order chi connectivity index (χ1) is 11.9. The summed E-state index contributed by atoms with van der Waals surface area (Å²) in [6, 6.07) is 5.20. The molecule has 2 aromatic rings. The molecule has 0 saturated heterocycles. The Kier molecular flexibility index (Phi) is 5.84. The van der Waals surface area contributed by atoms with Gasteiger partial charge in [-0.3, -0.25) is 19.7 Å². The predicted molar refractivity (Wildman–Crippen MR) is 89.2 cm³/mol. The van der Waals surface area contributed by atoms with Crippen LogP contribution in [0.5, 0.6) is 5.75 Å². The van der Waals surface area contributed by atoms with Gasteiger partial charge in [0.2, 0.25) is 0 Å². The van der Waals surface area contributed by atoms with Crippen LogP contribution in [0.25, 0.3) is 0 Å². The van der Waals surface area contributed by atoms with Crippen molar-refractivity contribution in [1.82, 2.24) is 10.7 Å². The van der Waals surface area contributed by atoms with Crippen LogP contribution in [0, 0.1) is 10.1 Å². The number of nitro groups is 1. The number of carbonyl (C=O) groups excluding carboxylic acids is 2. The van der Waals surface area contributed by atoms with Crippen LogP contribution in [0.3, 0.4) is 0 Å². The molecule has 0 radical (unpaired) electrons. The molecule has 11 heteroatoms. The van der Waals surface area contributed by atoms with Gasteiger partial charge >= 0.3 is 0 Å². The van der Waals surface area contributed by atoms with Crippen LogP contribution in [0.1, 0.15) is 16.1 Å². The van der Waals surface area contributed by atoms with Gasteiger partial charge in [0.1, 0.15) is 5.75 Å². The van der Waals surface area contributed by atoms with Crippen LogP contribution in [0.2, 0.25) is 0 Å². The Balaban J connectivity index is 1.93. The van der Waals surface area contributed by atoms with Crippen molar-refractivity contribution >= 4 is 39.6 Å². The second-order valence-corrected chi connectivity index (χ2v) is 5.43. The summed E-state index contributed by atoms with van der Waals surface area (Å²) < 4.78 is 4.97. The number of nitro benzene ring substituents is 1. The van der Waals surface area contributed by atoms with E-state index in [0.29, 0.717) is 0 Å². The minimum absolute atomic E-state index is 0.0287. The maximum Gasteiger partial charge on any atom is 0.287 e. The van der Waals surface area contributed by atoms with Gasteiger partial charge in [0, 0.05) is 17.7 Å². The average molecular weight is 411 g/mol. The van der Waals surface area contributed by atoms with Crippen molar-refractivity contribution in [1.29, 1.82) is 0 Å². The van der Waals surface area contributed by atoms with E-state index in [1.807, 2.05) is 0 Å². The number of amides is 2. The fraction of sp³-hybridized carbons (Fsp3) is 0.0714. The number of carbonyl (C=O) groups is 2. The van der Waals surface area contributed by atoms with Gasteiger partial charge in [-0.2, -0.15) is 5.10 Å². The molecule has 0 saturated carbocycles. The van der Waals surface area contributed by atoms with E-state index in [0.717, 1.165) is 18.3 Å². The van der Waals surface area contributed by atoms with E-state index in [9.17, 15) is 24.8 Å². The number of hydrogen-bond acceptors (Lipinski definition) is 7. The Morgan fingerprint density at radius 1 is 1.44 bits per heavy atom. The number of benzene rings is 1. The van der Waals surface area contributed by atoms with Crippen molar-refractivity contribution in [2.75, 3.05) is 6.54 Å². The van der Waals surface area contributed by atoms with Crippen molar-refractivity contribution in [3.05, 3.63) is 56.4 Å². The predicted octanol–water partition coefficient (Wildman–Crippen LogP) is 1.54. The van der Waals surface area contributed by atoms with Crippen LogP contribution >= 0.6 is 15.9 Å². The van der Waals surface area contributed by atoms with Gasteiger partial charge in [0.05, 0.1) is 28.4 Å². The largest absolute Gasteiger partial charge is 0.506 e. The molecule has 3 N–H and O–H groups in total. The number of hydrazone groups is 1. The molecule has 0 bridgehead atoms. The number of halogens is 1. The lowest BCUT2D eigenvalue weighted by Crippen LogP contribution is -2.34. The summed E-state index contributed by atoms with van der Waals surface area (Å²) in [6.45, 7) is -0.360. The van der Waals surface area contributed by atoms with Gasteiger partial charge in [-0.25, -0.2) is 5.43 Å². The number of nitrogens with zero attached hydrogens (tertiary/aromatic N) is 2. The third kappa shape index (κ3) is 4.88. The highest BCUT2D eigenvalue weighted by atomic mass is 79.9. The number of hydrogen-bond donors (Lipinski definition) is 3. The highest BCUT2D eigenvalue weighted by molar-refractivity contribution is 9.10. The molecule has 1 aromatic heterocycles. The lowest BCUT2D eigenvalue weighted by atomic mass is 10.2. The van der Waals surface area contributed by atoms with Crippen molar-refractivity contribution < 1.29 is 24.0 Å². The first-order valence-electron chi connectivity index (χ1n) is 6.69. The minimum Gasteiger partial charge on any atom is -0.506 e. The summed E-state index contributed by atoms with van der Waals surface area (Å²) in [5.41, 5.74) is 1.88. The Morgan fingerprint density at radius 3 is 2.84 bits per heavy atom.